The van der Waals surface area contributed by atoms with Crippen molar-refractivity contribution in [3.8, 4) is 0 Å². The Labute approximate surface area is 196 Å². The smallest absolute Gasteiger partial charge is 0.341 e. The molecule has 1 fully saturated rings. The van der Waals surface area contributed by atoms with Crippen LogP contribution >= 0.6 is 11.3 Å². The molecule has 1 amide bonds. The van der Waals surface area contributed by atoms with Crippen molar-refractivity contribution < 1.29 is 28.6 Å². The summed E-state index contributed by atoms with van der Waals surface area (Å²) in [5, 5.41) is 3.17. The lowest BCUT2D eigenvalue weighted by molar-refractivity contribution is -0.119. The fourth-order valence-electron chi connectivity index (χ4n) is 4.02. The lowest BCUT2D eigenvalue weighted by Crippen LogP contribution is -2.36. The minimum Gasteiger partial charge on any atom is -0.465 e. The summed E-state index contributed by atoms with van der Waals surface area (Å²) >= 11 is 1.39. The first-order chi connectivity index (χ1) is 16.0. The van der Waals surface area contributed by atoms with Crippen molar-refractivity contribution in [3.63, 3.8) is 0 Å². The van der Waals surface area contributed by atoms with Crippen LogP contribution in [0.25, 0.3) is 0 Å². The van der Waals surface area contributed by atoms with Crippen LogP contribution < -0.4 is 10.2 Å². The molecule has 1 aliphatic heterocycles. The number of thiophene rings is 1. The monoisotopic (exact) mass is 473 g/mol. The predicted octanol–water partition coefficient (Wildman–Crippen LogP) is 2.69. The van der Waals surface area contributed by atoms with Crippen LogP contribution in [-0.4, -0.2) is 62.8 Å². The first-order valence-corrected chi connectivity index (χ1v) is 11.8. The third-order valence-electron chi connectivity index (χ3n) is 5.81. The van der Waals surface area contributed by atoms with Gasteiger partial charge in [0.05, 0.1) is 31.5 Å². The number of methoxy groups -OCH3 is 1. The molecule has 2 aromatic rings. The van der Waals surface area contributed by atoms with E-state index in [1.54, 1.807) is 12.1 Å². The van der Waals surface area contributed by atoms with Crippen molar-refractivity contribution in [1.82, 2.24) is 4.98 Å². The van der Waals surface area contributed by atoms with Gasteiger partial charge in [-0.25, -0.2) is 14.6 Å². The lowest BCUT2D eigenvalue weighted by Gasteiger charge is -2.27. The van der Waals surface area contributed by atoms with Gasteiger partial charge in [0.15, 0.2) is 6.61 Å². The average molecular weight is 474 g/mol. The molecule has 176 valence electrons. The number of anilines is 2. The zero-order chi connectivity index (χ0) is 23.4. The maximum absolute atomic E-state index is 12.5. The van der Waals surface area contributed by atoms with Gasteiger partial charge >= 0.3 is 11.9 Å². The quantitative estimate of drug-likeness (QED) is 0.638. The van der Waals surface area contributed by atoms with Crippen molar-refractivity contribution in [2.45, 2.75) is 26.2 Å². The van der Waals surface area contributed by atoms with Gasteiger partial charge in [0, 0.05) is 24.2 Å². The molecule has 33 heavy (non-hydrogen) atoms. The van der Waals surface area contributed by atoms with Gasteiger partial charge in [-0.05, 0) is 42.9 Å². The van der Waals surface area contributed by atoms with E-state index in [1.165, 1.54) is 24.6 Å². The van der Waals surface area contributed by atoms with Crippen molar-refractivity contribution in [2.75, 3.05) is 50.2 Å². The zero-order valence-electron chi connectivity index (χ0n) is 18.7. The van der Waals surface area contributed by atoms with Crippen LogP contribution in [0.15, 0.2) is 18.3 Å². The number of aromatic nitrogens is 1. The number of fused-ring (bicyclic) bond motifs is 1. The van der Waals surface area contributed by atoms with Gasteiger partial charge in [0.2, 0.25) is 0 Å². The number of pyridine rings is 1. The minimum atomic E-state index is -0.640. The topological polar surface area (TPSA) is 107 Å². The number of nitrogens with one attached hydrogen (secondary N) is 1. The predicted molar refractivity (Wildman–Crippen MR) is 123 cm³/mol. The number of ether oxygens (including phenoxy) is 3. The largest absolute Gasteiger partial charge is 0.465 e. The molecule has 1 unspecified atom stereocenters. The third kappa shape index (κ3) is 5.33. The Balaban J connectivity index is 1.36. The highest BCUT2D eigenvalue weighted by atomic mass is 32.1. The SMILES string of the molecule is COC(=O)c1c(NC(=O)COC(=O)c2ccc(N3CCOCC3)nc2)sc2c1CCC(C)C2. The van der Waals surface area contributed by atoms with Crippen molar-refractivity contribution >= 4 is 40.0 Å². The first-order valence-electron chi connectivity index (χ1n) is 10.9. The number of carbonyl (C=O) groups excluding carboxylic acids is 3. The number of esters is 2. The van der Waals surface area contributed by atoms with Crippen LogP contribution in [0.4, 0.5) is 10.8 Å². The molecule has 0 aromatic carbocycles. The van der Waals surface area contributed by atoms with E-state index in [2.05, 4.69) is 22.1 Å². The van der Waals surface area contributed by atoms with E-state index in [-0.39, 0.29) is 5.56 Å². The molecule has 0 saturated carbocycles. The Morgan fingerprint density at radius 3 is 2.73 bits per heavy atom. The van der Waals surface area contributed by atoms with Crippen LogP contribution in [0.1, 0.15) is 44.5 Å². The highest BCUT2D eigenvalue weighted by Gasteiger charge is 2.29. The average Bonchev–Trinajstić information content (AvgIpc) is 3.19. The van der Waals surface area contributed by atoms with Gasteiger partial charge in [-0.3, -0.25) is 4.79 Å². The molecule has 1 saturated heterocycles. The molecule has 1 N–H and O–H groups in total. The van der Waals surface area contributed by atoms with Gasteiger partial charge in [0.1, 0.15) is 10.8 Å². The van der Waals surface area contributed by atoms with E-state index in [4.69, 9.17) is 14.2 Å². The molecule has 0 radical (unpaired) electrons. The van der Waals surface area contributed by atoms with E-state index >= 15 is 0 Å². The number of hydrogen-bond acceptors (Lipinski definition) is 9. The maximum atomic E-state index is 12.5. The number of carbonyl (C=O) groups is 3. The van der Waals surface area contributed by atoms with Gasteiger partial charge in [-0.15, -0.1) is 11.3 Å². The third-order valence-corrected chi connectivity index (χ3v) is 6.98. The normalized spacial score (nSPS) is 17.8. The van der Waals surface area contributed by atoms with Crippen LogP contribution in [-0.2, 0) is 31.8 Å². The molecule has 1 aliphatic carbocycles. The summed E-state index contributed by atoms with van der Waals surface area (Å²) in [6.45, 7) is 4.48. The van der Waals surface area contributed by atoms with E-state index in [9.17, 15) is 14.4 Å². The van der Waals surface area contributed by atoms with Crippen LogP contribution in [0.5, 0.6) is 0 Å². The summed E-state index contributed by atoms with van der Waals surface area (Å²) in [6, 6.07) is 3.38. The lowest BCUT2D eigenvalue weighted by atomic mass is 9.88. The van der Waals surface area contributed by atoms with Crippen molar-refractivity contribution in [1.29, 1.82) is 0 Å². The summed E-state index contributed by atoms with van der Waals surface area (Å²) in [7, 11) is 1.32. The second-order valence-corrected chi connectivity index (χ2v) is 9.28. The molecule has 0 bridgehead atoms. The second-order valence-electron chi connectivity index (χ2n) is 8.18. The molecule has 3 heterocycles. The Bertz CT molecular complexity index is 1030. The fourth-order valence-corrected chi connectivity index (χ4v) is 5.44. The fraction of sp³-hybridized carbons (Fsp3) is 0.478. The molecule has 2 aliphatic rings. The summed E-state index contributed by atoms with van der Waals surface area (Å²) in [5.74, 6) is -0.342. The molecule has 0 spiro atoms. The zero-order valence-corrected chi connectivity index (χ0v) is 19.5. The summed E-state index contributed by atoms with van der Waals surface area (Å²) in [4.78, 5) is 44.7. The summed E-state index contributed by atoms with van der Waals surface area (Å²) in [5.41, 5.74) is 1.62. The van der Waals surface area contributed by atoms with Gasteiger partial charge in [-0.1, -0.05) is 6.92 Å². The number of nitrogens with zero attached hydrogens (tertiary/aromatic N) is 2. The van der Waals surface area contributed by atoms with Gasteiger partial charge < -0.3 is 24.4 Å². The highest BCUT2D eigenvalue weighted by molar-refractivity contribution is 7.17. The van der Waals surface area contributed by atoms with Gasteiger partial charge in [0.25, 0.3) is 5.91 Å². The molecule has 1 atom stereocenters. The van der Waals surface area contributed by atoms with E-state index < -0.39 is 24.5 Å². The standard InChI is InChI=1S/C23H27N3O6S/c1-14-3-5-16-17(11-14)33-21(20(16)23(29)30-2)25-19(27)13-32-22(28)15-4-6-18(24-12-15)26-7-9-31-10-8-26/h4,6,12,14H,3,5,7-11,13H2,1-2H3,(H,25,27). The summed E-state index contributed by atoms with van der Waals surface area (Å²) < 4.78 is 15.4. The van der Waals surface area contributed by atoms with Crippen molar-refractivity contribution in [3.05, 3.63) is 39.9 Å². The number of amides is 1. The Kier molecular flexibility index (Phi) is 7.24. The molecule has 9 nitrogen and oxygen atoms in total. The number of rotatable bonds is 6. The minimum absolute atomic E-state index is 0.260. The summed E-state index contributed by atoms with van der Waals surface area (Å²) in [6.07, 6.45) is 4.06. The molecule has 4 rings (SSSR count). The molecule has 10 heteroatoms. The van der Waals surface area contributed by atoms with E-state index in [0.29, 0.717) is 29.7 Å². The molecular weight excluding hydrogens is 446 g/mol. The molecule has 2 aromatic heterocycles. The van der Waals surface area contributed by atoms with Gasteiger partial charge in [-0.2, -0.15) is 0 Å². The van der Waals surface area contributed by atoms with Crippen LogP contribution in [0.3, 0.4) is 0 Å². The number of hydrogen-bond donors (Lipinski definition) is 1. The van der Waals surface area contributed by atoms with E-state index in [0.717, 1.165) is 48.6 Å². The maximum Gasteiger partial charge on any atom is 0.341 e. The Morgan fingerprint density at radius 1 is 1.24 bits per heavy atom. The second kappa shape index (κ2) is 10.3. The van der Waals surface area contributed by atoms with E-state index in [1.807, 2.05) is 0 Å². The number of morpholine rings is 1. The van der Waals surface area contributed by atoms with Crippen LogP contribution in [0.2, 0.25) is 0 Å². The molecular formula is C23H27N3O6S. The van der Waals surface area contributed by atoms with Crippen molar-refractivity contribution in [2.24, 2.45) is 5.92 Å². The highest BCUT2D eigenvalue weighted by Crippen LogP contribution is 2.40. The Morgan fingerprint density at radius 2 is 2.03 bits per heavy atom. The Hall–Kier alpha value is -2.98. The van der Waals surface area contributed by atoms with Crippen LogP contribution in [0, 0.1) is 5.92 Å². The first kappa shape index (κ1) is 23.2.